The summed E-state index contributed by atoms with van der Waals surface area (Å²) < 4.78 is 14.9. The van der Waals surface area contributed by atoms with Gasteiger partial charge in [-0.2, -0.15) is 14.9 Å². The van der Waals surface area contributed by atoms with Crippen LogP contribution in [0, 0.1) is 12.7 Å². The molecule has 2 N–H and O–H groups in total. The van der Waals surface area contributed by atoms with Gasteiger partial charge in [0, 0.05) is 29.0 Å². The van der Waals surface area contributed by atoms with Gasteiger partial charge in [0.2, 0.25) is 5.91 Å². The topological polar surface area (TPSA) is 92.7 Å². The van der Waals surface area contributed by atoms with Crippen molar-refractivity contribution in [2.75, 3.05) is 5.32 Å². The van der Waals surface area contributed by atoms with Crippen LogP contribution in [0.25, 0.3) is 5.82 Å². The smallest absolute Gasteiger partial charge is 0.264 e. The van der Waals surface area contributed by atoms with Gasteiger partial charge in [-0.3, -0.25) is 9.59 Å². The second-order valence-corrected chi connectivity index (χ2v) is 6.42. The second kappa shape index (κ2) is 6.06. The molecule has 0 aliphatic carbocycles. The molecule has 4 rings (SSSR count). The number of nitrogens with one attached hydrogen (secondary N) is 2. The highest BCUT2D eigenvalue weighted by molar-refractivity contribution is 6.31. The fourth-order valence-corrected chi connectivity index (χ4v) is 3.52. The van der Waals surface area contributed by atoms with Crippen molar-refractivity contribution in [3.63, 3.8) is 0 Å². The molecule has 3 heterocycles. The van der Waals surface area contributed by atoms with E-state index in [0.717, 1.165) is 5.56 Å². The highest BCUT2D eigenvalue weighted by atomic mass is 35.5. The molecular weight excluding hydrogens is 361 g/mol. The summed E-state index contributed by atoms with van der Waals surface area (Å²) in [6, 6.07) is 6.96. The molecule has 1 atom stereocenters. The van der Waals surface area contributed by atoms with E-state index in [1.54, 1.807) is 6.07 Å². The van der Waals surface area contributed by atoms with Crippen molar-refractivity contribution in [1.82, 2.24) is 20.0 Å². The van der Waals surface area contributed by atoms with Crippen LogP contribution in [-0.2, 0) is 4.79 Å². The largest absolute Gasteiger partial charge is 0.310 e. The fraction of sp³-hybridized carbons (Fsp3) is 0.176. The van der Waals surface area contributed by atoms with Gasteiger partial charge >= 0.3 is 0 Å². The number of H-pyrrole nitrogens is 1. The van der Waals surface area contributed by atoms with Crippen LogP contribution in [0.4, 0.5) is 10.2 Å². The van der Waals surface area contributed by atoms with Gasteiger partial charge in [0.1, 0.15) is 11.6 Å². The minimum Gasteiger partial charge on any atom is -0.310 e. The van der Waals surface area contributed by atoms with E-state index >= 15 is 0 Å². The first-order chi connectivity index (χ1) is 12.4. The predicted molar refractivity (Wildman–Crippen MR) is 93.2 cm³/mol. The molecule has 0 spiro atoms. The number of amides is 1. The highest BCUT2D eigenvalue weighted by Gasteiger charge is 2.34. The van der Waals surface area contributed by atoms with Crippen molar-refractivity contribution in [2.24, 2.45) is 0 Å². The number of hydrogen-bond donors (Lipinski definition) is 2. The molecule has 0 radical (unpaired) electrons. The van der Waals surface area contributed by atoms with Gasteiger partial charge in [-0.15, -0.1) is 0 Å². The number of halogens is 2. The predicted octanol–water partition coefficient (Wildman–Crippen LogP) is 2.53. The van der Waals surface area contributed by atoms with Gasteiger partial charge in [0.15, 0.2) is 5.82 Å². The summed E-state index contributed by atoms with van der Waals surface area (Å²) >= 11 is 6.22. The lowest BCUT2D eigenvalue weighted by Crippen LogP contribution is -2.25. The number of rotatable bonds is 2. The van der Waals surface area contributed by atoms with Crippen LogP contribution < -0.4 is 10.9 Å². The van der Waals surface area contributed by atoms with Crippen molar-refractivity contribution in [2.45, 2.75) is 19.3 Å². The molecule has 9 heteroatoms. The number of fused-ring (bicyclic) bond motifs is 1. The third kappa shape index (κ3) is 2.68. The van der Waals surface area contributed by atoms with E-state index in [4.69, 9.17) is 11.6 Å². The molecule has 1 aliphatic heterocycles. The number of nitrogens with zero attached hydrogens (tertiary/aromatic N) is 3. The molecule has 1 unspecified atom stereocenters. The van der Waals surface area contributed by atoms with Crippen molar-refractivity contribution < 1.29 is 9.18 Å². The molecule has 1 amide bonds. The Bertz CT molecular complexity index is 1070. The SMILES string of the molecule is Cc1nn(-c2ccc(=O)[nH]n2)c2c1C(c1ccc(F)cc1Cl)CC(=O)N2. The van der Waals surface area contributed by atoms with Crippen LogP contribution in [-0.4, -0.2) is 25.9 Å². The Morgan fingerprint density at radius 1 is 1.27 bits per heavy atom. The first-order valence-corrected chi connectivity index (χ1v) is 8.22. The summed E-state index contributed by atoms with van der Waals surface area (Å²) in [5.41, 5.74) is 1.78. The summed E-state index contributed by atoms with van der Waals surface area (Å²) in [5, 5.41) is 13.8. The van der Waals surface area contributed by atoms with Crippen molar-refractivity contribution in [3.8, 4) is 5.82 Å². The Morgan fingerprint density at radius 2 is 2.08 bits per heavy atom. The Balaban J connectivity index is 1.89. The molecule has 0 saturated heterocycles. The van der Waals surface area contributed by atoms with Gasteiger partial charge in [-0.05, 0) is 30.7 Å². The number of aromatic amines is 1. The summed E-state index contributed by atoms with van der Waals surface area (Å²) in [6.45, 7) is 1.81. The van der Waals surface area contributed by atoms with Crippen molar-refractivity contribution >= 4 is 23.3 Å². The zero-order valence-corrected chi connectivity index (χ0v) is 14.3. The van der Waals surface area contributed by atoms with Crippen molar-refractivity contribution in [3.05, 3.63) is 68.3 Å². The third-order valence-electron chi connectivity index (χ3n) is 4.32. The van der Waals surface area contributed by atoms with Crippen molar-refractivity contribution in [1.29, 1.82) is 0 Å². The van der Waals surface area contributed by atoms with E-state index in [-0.39, 0.29) is 28.8 Å². The monoisotopic (exact) mass is 373 g/mol. The molecule has 1 aliphatic rings. The standard InChI is InChI=1S/C17H13ClFN5O2/c1-8-16-11(10-3-2-9(19)6-12(10)18)7-15(26)20-17(16)24(23-8)13-4-5-14(25)22-21-13/h2-6,11H,7H2,1H3,(H,20,26)(H,22,25). The number of hydrogen-bond acceptors (Lipinski definition) is 4. The Kier molecular flexibility index (Phi) is 3.84. The number of aromatic nitrogens is 4. The molecular formula is C17H13ClFN5O2. The molecule has 0 saturated carbocycles. The Hall–Kier alpha value is -3.00. The molecule has 0 bridgehead atoms. The lowest BCUT2D eigenvalue weighted by Gasteiger charge is -2.25. The average Bonchev–Trinajstić information content (AvgIpc) is 2.91. The maximum absolute atomic E-state index is 13.4. The van der Waals surface area contributed by atoms with Gasteiger partial charge in [0.25, 0.3) is 5.56 Å². The van der Waals surface area contributed by atoms with Crippen LogP contribution in [0.5, 0.6) is 0 Å². The van der Waals surface area contributed by atoms with Gasteiger partial charge in [-0.25, -0.2) is 9.49 Å². The lowest BCUT2D eigenvalue weighted by atomic mass is 9.86. The normalized spacial score (nSPS) is 16.3. The van der Waals surface area contributed by atoms with E-state index in [1.807, 2.05) is 6.92 Å². The number of carbonyl (C=O) groups excluding carboxylic acids is 1. The van der Waals surface area contributed by atoms with Crippen LogP contribution in [0.2, 0.25) is 5.02 Å². The van der Waals surface area contributed by atoms with Gasteiger partial charge in [0.05, 0.1) is 5.69 Å². The van der Waals surface area contributed by atoms with Gasteiger partial charge < -0.3 is 5.32 Å². The molecule has 26 heavy (non-hydrogen) atoms. The first-order valence-electron chi connectivity index (χ1n) is 7.84. The first kappa shape index (κ1) is 16.5. The second-order valence-electron chi connectivity index (χ2n) is 6.01. The summed E-state index contributed by atoms with van der Waals surface area (Å²) in [4.78, 5) is 23.5. The molecule has 7 nitrogen and oxygen atoms in total. The maximum Gasteiger partial charge on any atom is 0.264 e. The third-order valence-corrected chi connectivity index (χ3v) is 4.65. The summed E-state index contributed by atoms with van der Waals surface area (Å²) in [7, 11) is 0. The number of anilines is 1. The van der Waals surface area contributed by atoms with Gasteiger partial charge in [-0.1, -0.05) is 17.7 Å². The highest BCUT2D eigenvalue weighted by Crippen LogP contribution is 2.42. The zero-order valence-electron chi connectivity index (χ0n) is 13.6. The van der Waals surface area contributed by atoms with E-state index in [2.05, 4.69) is 20.6 Å². The Morgan fingerprint density at radius 3 is 2.77 bits per heavy atom. The number of carbonyl (C=O) groups is 1. The van der Waals surface area contributed by atoms with Crippen LogP contribution in [0.1, 0.15) is 29.2 Å². The molecule has 1 aromatic carbocycles. The summed E-state index contributed by atoms with van der Waals surface area (Å²) in [6.07, 6.45) is 0.171. The quantitative estimate of drug-likeness (QED) is 0.722. The minimum atomic E-state index is -0.441. The minimum absolute atomic E-state index is 0.171. The van der Waals surface area contributed by atoms with E-state index in [0.29, 0.717) is 22.9 Å². The molecule has 3 aromatic rings. The average molecular weight is 374 g/mol. The molecule has 2 aromatic heterocycles. The maximum atomic E-state index is 13.4. The Labute approximate surface area is 151 Å². The number of benzene rings is 1. The van der Waals surface area contributed by atoms with Crippen LogP contribution in [0.15, 0.2) is 35.1 Å². The summed E-state index contributed by atoms with van der Waals surface area (Å²) in [5.74, 6) is -0.190. The molecule has 0 fully saturated rings. The lowest BCUT2D eigenvalue weighted by molar-refractivity contribution is -0.116. The molecule has 132 valence electrons. The van der Waals surface area contributed by atoms with E-state index in [9.17, 15) is 14.0 Å². The number of aryl methyl sites for hydroxylation is 1. The van der Waals surface area contributed by atoms with Crippen LogP contribution >= 0.6 is 11.6 Å². The zero-order chi connectivity index (χ0) is 18.4. The van der Waals surface area contributed by atoms with E-state index in [1.165, 1.54) is 28.9 Å². The fourth-order valence-electron chi connectivity index (χ4n) is 3.22. The van der Waals surface area contributed by atoms with E-state index < -0.39 is 5.82 Å². The van der Waals surface area contributed by atoms with Crippen LogP contribution in [0.3, 0.4) is 0 Å².